The molecular weight excluding hydrogens is 502 g/mol. The Labute approximate surface area is 217 Å². The van der Waals surface area contributed by atoms with Crippen LogP contribution in [0.4, 0.5) is 8.78 Å². The number of alkyl halides is 2. The maximum atomic E-state index is 13.2. The van der Waals surface area contributed by atoms with E-state index >= 15 is 0 Å². The smallest absolute Gasteiger partial charge is 0.387 e. The Bertz CT molecular complexity index is 1300. The van der Waals surface area contributed by atoms with E-state index in [0.29, 0.717) is 42.2 Å². The van der Waals surface area contributed by atoms with Crippen LogP contribution in [0.25, 0.3) is 16.9 Å². The number of imidazole rings is 1. The number of ether oxygens (including phenoxy) is 3. The van der Waals surface area contributed by atoms with Crippen molar-refractivity contribution in [2.45, 2.75) is 44.1 Å². The number of hydrogen-bond donors (Lipinski definition) is 3. The summed E-state index contributed by atoms with van der Waals surface area (Å²) < 4.78 is 44.1. The lowest BCUT2D eigenvalue weighted by Crippen LogP contribution is -2.34. The number of aliphatic hydroxyl groups is 2. The van der Waals surface area contributed by atoms with Gasteiger partial charge in [-0.2, -0.15) is 8.78 Å². The number of aliphatic hydroxyl groups excluding tert-OH is 2. The van der Waals surface area contributed by atoms with Gasteiger partial charge in [-0.3, -0.25) is 14.1 Å². The predicted octanol–water partition coefficient (Wildman–Crippen LogP) is 2.31. The van der Waals surface area contributed by atoms with Crippen LogP contribution in [0, 0.1) is 0 Å². The highest BCUT2D eigenvalue weighted by atomic mass is 19.3. The Morgan fingerprint density at radius 3 is 2.71 bits per heavy atom. The van der Waals surface area contributed by atoms with E-state index in [9.17, 15) is 23.8 Å². The molecule has 3 heterocycles. The summed E-state index contributed by atoms with van der Waals surface area (Å²) in [6.07, 6.45) is 4.59. The molecule has 2 atom stereocenters. The van der Waals surface area contributed by atoms with E-state index in [1.807, 2.05) is 4.90 Å². The van der Waals surface area contributed by atoms with E-state index < -0.39 is 18.6 Å². The first-order valence-corrected chi connectivity index (χ1v) is 12.5. The van der Waals surface area contributed by atoms with Gasteiger partial charge in [-0.15, -0.1) is 0 Å². The molecule has 1 saturated carbocycles. The topological polar surface area (TPSA) is 118 Å². The van der Waals surface area contributed by atoms with Crippen LogP contribution in [0.3, 0.4) is 0 Å². The number of fused-ring (bicyclic) bond motifs is 1. The fourth-order valence-corrected chi connectivity index (χ4v) is 4.58. The maximum absolute atomic E-state index is 13.2. The summed E-state index contributed by atoms with van der Waals surface area (Å²) in [5, 5.41) is 22.7. The Morgan fingerprint density at radius 2 is 2.03 bits per heavy atom. The van der Waals surface area contributed by atoms with Crippen LogP contribution in [0.15, 0.2) is 36.7 Å². The molecule has 0 bridgehead atoms. The monoisotopic (exact) mass is 532 g/mol. The summed E-state index contributed by atoms with van der Waals surface area (Å²) in [4.78, 5) is 19.2. The molecule has 0 radical (unpaired) electrons. The third-order valence-corrected chi connectivity index (χ3v) is 6.58. The average Bonchev–Trinajstić information content (AvgIpc) is 3.44. The highest BCUT2D eigenvalue weighted by molar-refractivity contribution is 6.01. The molecule has 0 spiro atoms. The summed E-state index contributed by atoms with van der Waals surface area (Å²) in [7, 11) is 1.36. The number of rotatable bonds is 11. The van der Waals surface area contributed by atoms with Crippen LogP contribution < -0.4 is 19.5 Å². The van der Waals surface area contributed by atoms with E-state index in [1.165, 1.54) is 13.2 Å². The minimum atomic E-state index is -3.13. The normalized spacial score (nSPS) is 18.6. The molecule has 1 aliphatic carbocycles. The fraction of sp³-hybridized carbons (Fsp3) is 0.462. The standard InChI is InChI=1S/C26H30F2N4O6/c1-36-21-8-15(9-22(38-26(27)28)24(21)25(35)30-16-2-3-16)20-11-29-23-10-19(5-7-32(20)23)37-14-18(34)13-31-6-4-17(33)12-31/h5,7-11,16-18,26,33-34H,2-4,6,12-14H2,1H3,(H,30,35)/t17-,18?/m1/s1. The van der Waals surface area contributed by atoms with Crippen molar-refractivity contribution in [3.63, 3.8) is 0 Å². The van der Waals surface area contributed by atoms with Crippen molar-refractivity contribution in [3.8, 4) is 28.5 Å². The largest absolute Gasteiger partial charge is 0.496 e. The van der Waals surface area contributed by atoms with E-state index in [1.54, 1.807) is 35.0 Å². The zero-order valence-corrected chi connectivity index (χ0v) is 20.8. The SMILES string of the molecule is COc1cc(-c2cnc3cc(OCC(O)CN4CC[C@@H](O)C4)ccn23)cc(OC(F)F)c1C(=O)NC1CC1. The Hall–Kier alpha value is -3.48. The van der Waals surface area contributed by atoms with Gasteiger partial charge in [0.15, 0.2) is 0 Å². The van der Waals surface area contributed by atoms with Crippen molar-refractivity contribution >= 4 is 11.6 Å². The molecular formula is C26H30F2N4O6. The number of hydrogen-bond acceptors (Lipinski definition) is 8. The predicted molar refractivity (Wildman–Crippen MR) is 133 cm³/mol. The Morgan fingerprint density at radius 1 is 1.24 bits per heavy atom. The van der Waals surface area contributed by atoms with Gasteiger partial charge in [-0.1, -0.05) is 0 Å². The number of methoxy groups -OCH3 is 1. The second-order valence-electron chi connectivity index (χ2n) is 9.58. The molecule has 1 amide bonds. The van der Waals surface area contributed by atoms with E-state index in [2.05, 4.69) is 10.3 Å². The lowest BCUT2D eigenvalue weighted by atomic mass is 10.1. The van der Waals surface area contributed by atoms with Crippen molar-refractivity contribution < 1.29 is 38.0 Å². The Kier molecular flexibility index (Phi) is 7.63. The molecule has 12 heteroatoms. The zero-order chi connectivity index (χ0) is 26.8. The number of halogens is 2. The highest BCUT2D eigenvalue weighted by Crippen LogP contribution is 2.37. The van der Waals surface area contributed by atoms with Crippen LogP contribution in [0.2, 0.25) is 0 Å². The van der Waals surface area contributed by atoms with Crippen LogP contribution in [0.1, 0.15) is 29.6 Å². The molecule has 2 aromatic heterocycles. The number of carbonyl (C=O) groups is 1. The minimum absolute atomic E-state index is 0.0238. The minimum Gasteiger partial charge on any atom is -0.496 e. The highest BCUT2D eigenvalue weighted by Gasteiger charge is 2.29. The van der Waals surface area contributed by atoms with E-state index in [0.717, 1.165) is 19.4 Å². The molecule has 2 fully saturated rings. The second kappa shape index (κ2) is 11.1. The van der Waals surface area contributed by atoms with Crippen LogP contribution in [-0.4, -0.2) is 88.6 Å². The van der Waals surface area contributed by atoms with Gasteiger partial charge in [-0.05, 0) is 37.5 Å². The third-order valence-electron chi connectivity index (χ3n) is 6.58. The summed E-state index contributed by atoms with van der Waals surface area (Å²) in [6, 6.07) is 6.38. The molecule has 204 valence electrons. The summed E-state index contributed by atoms with van der Waals surface area (Å²) in [6.45, 7) is -1.36. The number of β-amino-alcohol motifs (C(OH)–C–C–N with tert-alkyl or cyclic N) is 2. The number of nitrogens with zero attached hydrogens (tertiary/aromatic N) is 3. The van der Waals surface area contributed by atoms with Gasteiger partial charge in [0.2, 0.25) is 0 Å². The number of nitrogens with one attached hydrogen (secondary N) is 1. The van der Waals surface area contributed by atoms with Crippen LogP contribution in [0.5, 0.6) is 17.2 Å². The number of amides is 1. The van der Waals surface area contributed by atoms with Crippen LogP contribution in [-0.2, 0) is 0 Å². The zero-order valence-electron chi connectivity index (χ0n) is 20.8. The van der Waals surface area contributed by atoms with Gasteiger partial charge in [0.25, 0.3) is 5.91 Å². The summed E-state index contributed by atoms with van der Waals surface area (Å²) in [5.41, 5.74) is 1.46. The molecule has 2 aliphatic rings. The second-order valence-corrected chi connectivity index (χ2v) is 9.58. The van der Waals surface area contributed by atoms with Gasteiger partial charge in [0, 0.05) is 43.5 Å². The van der Waals surface area contributed by atoms with Gasteiger partial charge in [0.05, 0.1) is 25.1 Å². The van der Waals surface area contributed by atoms with Crippen molar-refractivity contribution in [1.29, 1.82) is 0 Å². The molecule has 3 N–H and O–H groups in total. The number of likely N-dealkylation sites (tertiary alicyclic amines) is 1. The number of pyridine rings is 1. The average molecular weight is 533 g/mol. The van der Waals surface area contributed by atoms with E-state index in [-0.39, 0.29) is 35.8 Å². The van der Waals surface area contributed by atoms with Gasteiger partial charge < -0.3 is 29.7 Å². The first kappa shape index (κ1) is 26.1. The summed E-state index contributed by atoms with van der Waals surface area (Å²) >= 11 is 0. The van der Waals surface area contributed by atoms with Crippen molar-refractivity contribution in [1.82, 2.24) is 19.6 Å². The lowest BCUT2D eigenvalue weighted by Gasteiger charge is -2.19. The van der Waals surface area contributed by atoms with Crippen molar-refractivity contribution in [2.75, 3.05) is 33.4 Å². The molecule has 38 heavy (non-hydrogen) atoms. The first-order valence-electron chi connectivity index (χ1n) is 12.5. The number of carbonyl (C=O) groups excluding carboxylic acids is 1. The molecule has 1 unspecified atom stereocenters. The van der Waals surface area contributed by atoms with Crippen molar-refractivity contribution in [2.24, 2.45) is 0 Å². The van der Waals surface area contributed by atoms with Crippen molar-refractivity contribution in [3.05, 3.63) is 42.2 Å². The number of aromatic nitrogens is 2. The molecule has 1 aliphatic heterocycles. The molecule has 1 saturated heterocycles. The Balaban J connectivity index is 1.36. The third kappa shape index (κ3) is 5.98. The molecule has 1 aromatic carbocycles. The first-order chi connectivity index (χ1) is 18.3. The molecule has 10 nitrogen and oxygen atoms in total. The fourth-order valence-electron chi connectivity index (χ4n) is 4.58. The van der Waals surface area contributed by atoms with Crippen LogP contribution >= 0.6 is 0 Å². The lowest BCUT2D eigenvalue weighted by molar-refractivity contribution is -0.0502. The van der Waals surface area contributed by atoms with E-state index in [4.69, 9.17) is 14.2 Å². The van der Waals surface area contributed by atoms with Gasteiger partial charge in [-0.25, -0.2) is 4.98 Å². The summed E-state index contributed by atoms with van der Waals surface area (Å²) in [5.74, 6) is -0.219. The number of benzene rings is 1. The molecule has 5 rings (SSSR count). The quantitative estimate of drug-likeness (QED) is 0.345. The van der Waals surface area contributed by atoms with Gasteiger partial charge in [0.1, 0.15) is 41.2 Å². The van der Waals surface area contributed by atoms with Gasteiger partial charge >= 0.3 is 6.61 Å². The maximum Gasteiger partial charge on any atom is 0.387 e. The molecule has 3 aromatic rings.